The van der Waals surface area contributed by atoms with Gasteiger partial charge in [-0.15, -0.1) is 0 Å². The number of carboxylic acids is 1. The summed E-state index contributed by atoms with van der Waals surface area (Å²) in [5.74, 6) is -2.31. The van der Waals surface area contributed by atoms with Crippen LogP contribution in [0.2, 0.25) is 0 Å². The third kappa shape index (κ3) is 3.30. The van der Waals surface area contributed by atoms with Crippen LogP contribution in [0.25, 0.3) is 0 Å². The number of amides is 1. The summed E-state index contributed by atoms with van der Waals surface area (Å²) in [5.41, 5.74) is 0.935. The third-order valence-electron chi connectivity index (χ3n) is 3.55. The molecule has 1 amide bonds. The minimum Gasteiger partial charge on any atom is -0.481 e. The van der Waals surface area contributed by atoms with E-state index in [1.165, 1.54) is 12.1 Å². The Kier molecular flexibility index (Phi) is 4.14. The lowest BCUT2D eigenvalue weighted by atomic mass is 9.73. The summed E-state index contributed by atoms with van der Waals surface area (Å²) in [5, 5.41) is 11.6. The molecule has 2 N–H and O–H groups in total. The number of carboxylic acid groups (broad SMARTS) is 1. The molecule has 0 spiro atoms. The molecule has 0 bridgehead atoms. The third-order valence-corrected chi connectivity index (χ3v) is 3.55. The molecule has 1 saturated carbocycles. The molecule has 0 aliphatic heterocycles. The zero-order chi connectivity index (χ0) is 13.8. The Bertz CT molecular complexity index is 472. The molecule has 1 fully saturated rings. The maximum Gasteiger partial charge on any atom is 0.307 e. The van der Waals surface area contributed by atoms with E-state index in [4.69, 9.17) is 5.11 Å². The van der Waals surface area contributed by atoms with Crippen LogP contribution in [0.4, 0.5) is 4.39 Å². The molecular formula is C14H16FNO3. The van der Waals surface area contributed by atoms with Crippen LogP contribution in [0, 0.1) is 17.7 Å². The minimum absolute atomic E-state index is 0.194. The van der Waals surface area contributed by atoms with Crippen LogP contribution >= 0.6 is 0 Å². The lowest BCUT2D eigenvalue weighted by Gasteiger charge is -2.31. The second-order valence-electron chi connectivity index (χ2n) is 4.80. The Morgan fingerprint density at radius 1 is 1.21 bits per heavy atom. The maximum absolute atomic E-state index is 12.7. The highest BCUT2D eigenvalue weighted by Gasteiger charge is 2.41. The van der Waals surface area contributed by atoms with Crippen LogP contribution in [0.15, 0.2) is 24.3 Å². The summed E-state index contributed by atoms with van der Waals surface area (Å²) >= 11 is 0. The number of rotatable bonds is 5. The van der Waals surface area contributed by atoms with Gasteiger partial charge >= 0.3 is 5.97 Å². The summed E-state index contributed by atoms with van der Waals surface area (Å²) in [7, 11) is 0. The average Bonchev–Trinajstić information content (AvgIpc) is 2.29. The van der Waals surface area contributed by atoms with Crippen molar-refractivity contribution in [3.05, 3.63) is 35.6 Å². The summed E-state index contributed by atoms with van der Waals surface area (Å²) in [6, 6.07) is 6.10. The molecule has 102 valence electrons. The van der Waals surface area contributed by atoms with Crippen molar-refractivity contribution in [1.82, 2.24) is 5.32 Å². The van der Waals surface area contributed by atoms with Gasteiger partial charge in [0, 0.05) is 6.54 Å². The number of hydrogen-bond acceptors (Lipinski definition) is 2. The number of aliphatic carboxylic acids is 1. The van der Waals surface area contributed by atoms with Crippen molar-refractivity contribution in [3.63, 3.8) is 0 Å². The van der Waals surface area contributed by atoms with Crippen molar-refractivity contribution < 1.29 is 19.1 Å². The molecule has 1 aromatic carbocycles. The van der Waals surface area contributed by atoms with E-state index in [1.807, 2.05) is 0 Å². The summed E-state index contributed by atoms with van der Waals surface area (Å²) in [6.07, 6.45) is 1.82. The number of carbonyl (C=O) groups is 2. The fourth-order valence-electron chi connectivity index (χ4n) is 2.22. The van der Waals surface area contributed by atoms with Gasteiger partial charge in [0.05, 0.1) is 11.8 Å². The first kappa shape index (κ1) is 13.5. The highest BCUT2D eigenvalue weighted by Crippen LogP contribution is 2.34. The van der Waals surface area contributed by atoms with Crippen molar-refractivity contribution in [2.45, 2.75) is 19.3 Å². The van der Waals surface area contributed by atoms with E-state index in [9.17, 15) is 14.0 Å². The van der Waals surface area contributed by atoms with Crippen LogP contribution in [-0.2, 0) is 16.0 Å². The highest BCUT2D eigenvalue weighted by molar-refractivity contribution is 5.86. The van der Waals surface area contributed by atoms with Gasteiger partial charge in [-0.2, -0.15) is 0 Å². The molecule has 2 rings (SSSR count). The molecule has 0 aromatic heterocycles. The fraction of sp³-hybridized carbons (Fsp3) is 0.429. The molecular weight excluding hydrogens is 249 g/mol. The Morgan fingerprint density at radius 2 is 1.84 bits per heavy atom. The van der Waals surface area contributed by atoms with Gasteiger partial charge in [-0.25, -0.2) is 4.39 Å². The van der Waals surface area contributed by atoms with Gasteiger partial charge in [-0.1, -0.05) is 12.1 Å². The molecule has 0 heterocycles. The lowest BCUT2D eigenvalue weighted by Crippen LogP contribution is -2.44. The monoisotopic (exact) mass is 265 g/mol. The maximum atomic E-state index is 12.7. The molecule has 1 aromatic rings. The first-order valence-corrected chi connectivity index (χ1v) is 6.33. The van der Waals surface area contributed by atoms with Gasteiger partial charge in [-0.05, 0) is 37.0 Å². The highest BCUT2D eigenvalue weighted by atomic mass is 19.1. The predicted octanol–water partition coefficient (Wildman–Crippen LogP) is 1.60. The number of benzene rings is 1. The van der Waals surface area contributed by atoms with Gasteiger partial charge in [-0.3, -0.25) is 9.59 Å². The smallest absolute Gasteiger partial charge is 0.307 e. The molecule has 0 saturated heterocycles. The number of carbonyl (C=O) groups excluding carboxylic acids is 1. The van der Waals surface area contributed by atoms with Crippen molar-refractivity contribution in [1.29, 1.82) is 0 Å². The Morgan fingerprint density at radius 3 is 2.37 bits per heavy atom. The van der Waals surface area contributed by atoms with Crippen molar-refractivity contribution in [3.8, 4) is 0 Å². The van der Waals surface area contributed by atoms with Crippen LogP contribution < -0.4 is 5.32 Å². The molecule has 1 aliphatic rings. The van der Waals surface area contributed by atoms with Crippen molar-refractivity contribution >= 4 is 11.9 Å². The second kappa shape index (κ2) is 5.82. The standard InChI is InChI=1S/C14H16FNO3/c15-10-3-1-9(2-4-10)7-8-16-13(17)11-5-6-12(11)14(18)19/h1-4,11-12H,5-8H2,(H,16,17)(H,18,19). The van der Waals surface area contributed by atoms with Crippen LogP contribution in [-0.4, -0.2) is 23.5 Å². The normalized spacial score (nSPS) is 21.5. The summed E-state index contributed by atoms with van der Waals surface area (Å²) in [4.78, 5) is 22.6. The Labute approximate surface area is 110 Å². The summed E-state index contributed by atoms with van der Waals surface area (Å²) < 4.78 is 12.7. The molecule has 4 nitrogen and oxygen atoms in total. The molecule has 5 heteroatoms. The average molecular weight is 265 g/mol. The van der Waals surface area contributed by atoms with Crippen molar-refractivity contribution in [2.24, 2.45) is 11.8 Å². The van der Waals surface area contributed by atoms with E-state index >= 15 is 0 Å². The zero-order valence-corrected chi connectivity index (χ0v) is 10.4. The molecule has 2 atom stereocenters. The first-order chi connectivity index (χ1) is 9.08. The Hall–Kier alpha value is -1.91. The number of nitrogens with one attached hydrogen (secondary N) is 1. The number of halogens is 1. The van der Waals surface area contributed by atoms with E-state index in [2.05, 4.69) is 5.32 Å². The number of hydrogen-bond donors (Lipinski definition) is 2. The lowest BCUT2D eigenvalue weighted by molar-refractivity contribution is -0.152. The van der Waals surface area contributed by atoms with Crippen molar-refractivity contribution in [2.75, 3.05) is 6.54 Å². The SMILES string of the molecule is O=C(O)C1CCC1C(=O)NCCc1ccc(F)cc1. The van der Waals surface area contributed by atoms with E-state index in [0.717, 1.165) is 5.56 Å². The van der Waals surface area contributed by atoms with Crippen LogP contribution in [0.3, 0.4) is 0 Å². The van der Waals surface area contributed by atoms with Gasteiger partial charge in [0.15, 0.2) is 0 Å². The van der Waals surface area contributed by atoms with Gasteiger partial charge < -0.3 is 10.4 Å². The largest absolute Gasteiger partial charge is 0.481 e. The minimum atomic E-state index is -0.898. The molecule has 0 radical (unpaired) electrons. The molecule has 19 heavy (non-hydrogen) atoms. The molecule has 2 unspecified atom stereocenters. The first-order valence-electron chi connectivity index (χ1n) is 6.33. The summed E-state index contributed by atoms with van der Waals surface area (Å²) in [6.45, 7) is 0.438. The Balaban J connectivity index is 1.75. The topological polar surface area (TPSA) is 66.4 Å². The van der Waals surface area contributed by atoms with Gasteiger partial charge in [0.2, 0.25) is 5.91 Å². The van der Waals surface area contributed by atoms with E-state index < -0.39 is 17.8 Å². The predicted molar refractivity (Wildman–Crippen MR) is 67.0 cm³/mol. The fourth-order valence-corrected chi connectivity index (χ4v) is 2.22. The van der Waals surface area contributed by atoms with Gasteiger partial charge in [0.1, 0.15) is 5.82 Å². The second-order valence-corrected chi connectivity index (χ2v) is 4.80. The zero-order valence-electron chi connectivity index (χ0n) is 10.4. The van der Waals surface area contributed by atoms with Crippen LogP contribution in [0.5, 0.6) is 0 Å². The molecule has 1 aliphatic carbocycles. The van der Waals surface area contributed by atoms with Gasteiger partial charge in [0.25, 0.3) is 0 Å². The quantitative estimate of drug-likeness (QED) is 0.849. The van der Waals surface area contributed by atoms with E-state index in [-0.39, 0.29) is 11.7 Å². The van der Waals surface area contributed by atoms with E-state index in [1.54, 1.807) is 12.1 Å². The van der Waals surface area contributed by atoms with E-state index in [0.29, 0.717) is 25.8 Å². The van der Waals surface area contributed by atoms with Crippen LogP contribution in [0.1, 0.15) is 18.4 Å².